The van der Waals surface area contributed by atoms with Gasteiger partial charge in [-0.2, -0.15) is 0 Å². The van der Waals surface area contributed by atoms with E-state index in [4.69, 9.17) is 9.37 Å². The molecule has 116 valence electrons. The van der Waals surface area contributed by atoms with Crippen molar-refractivity contribution in [1.29, 1.82) is 0 Å². The Morgan fingerprint density at radius 3 is 3.05 bits per heavy atom. The first-order valence-corrected chi connectivity index (χ1v) is 7.53. The van der Waals surface area contributed by atoms with Crippen LogP contribution in [0.2, 0.25) is 0 Å². The molecule has 0 spiro atoms. The Balaban J connectivity index is 1.56. The number of piperazine rings is 1. The van der Waals surface area contributed by atoms with E-state index in [1.165, 1.54) is 0 Å². The Labute approximate surface area is 127 Å². The van der Waals surface area contributed by atoms with Crippen LogP contribution in [0.4, 0.5) is 0 Å². The third-order valence-electron chi connectivity index (χ3n) is 4.75. The minimum Gasteiger partial charge on any atom is -0.370 e. The fraction of sp³-hybridized carbons (Fsp3) is 0.533. The zero-order chi connectivity index (χ0) is 15.1. The average Bonchev–Trinajstić information content (AvgIpc) is 3.04. The second-order valence-corrected chi connectivity index (χ2v) is 5.98. The predicted molar refractivity (Wildman–Crippen MR) is 78.2 cm³/mol. The van der Waals surface area contributed by atoms with Crippen molar-refractivity contribution in [2.75, 3.05) is 32.8 Å². The molecule has 0 radical (unpaired) electrons. The molecule has 7 nitrogen and oxygen atoms in total. The summed E-state index contributed by atoms with van der Waals surface area (Å²) in [7, 11) is 0. The van der Waals surface area contributed by atoms with E-state index in [1.54, 1.807) is 0 Å². The van der Waals surface area contributed by atoms with Gasteiger partial charge in [0.15, 0.2) is 0 Å². The lowest BCUT2D eigenvalue weighted by Crippen LogP contribution is -2.58. The predicted octanol–water partition coefficient (Wildman–Crippen LogP) is 0.745. The van der Waals surface area contributed by atoms with Gasteiger partial charge < -0.3 is 9.64 Å². The van der Waals surface area contributed by atoms with Gasteiger partial charge in [0.25, 0.3) is 0 Å². The Hall–Kier alpha value is -1.99. The molecule has 2 aromatic rings. The second-order valence-electron chi connectivity index (χ2n) is 5.98. The third kappa shape index (κ3) is 2.17. The largest absolute Gasteiger partial charge is 0.370 e. The first kappa shape index (κ1) is 13.7. The summed E-state index contributed by atoms with van der Waals surface area (Å²) in [6, 6.07) is 4.27. The van der Waals surface area contributed by atoms with Crippen LogP contribution in [0.15, 0.2) is 16.8 Å². The Bertz CT molecular complexity index is 701. The van der Waals surface area contributed by atoms with Gasteiger partial charge in [-0.3, -0.25) is 9.69 Å². The van der Waals surface area contributed by atoms with Gasteiger partial charge in [0.2, 0.25) is 6.41 Å². The lowest BCUT2D eigenvalue weighted by atomic mass is 9.99. The van der Waals surface area contributed by atoms with E-state index in [0.29, 0.717) is 12.6 Å². The molecule has 4 rings (SSSR count). The summed E-state index contributed by atoms with van der Waals surface area (Å²) >= 11 is 0. The molecule has 0 bridgehead atoms. The van der Waals surface area contributed by atoms with Crippen LogP contribution in [0.25, 0.3) is 11.0 Å². The van der Waals surface area contributed by atoms with Crippen molar-refractivity contribution in [2.24, 2.45) is 0 Å². The van der Waals surface area contributed by atoms with Crippen LogP contribution < -0.4 is 0 Å². The van der Waals surface area contributed by atoms with Crippen molar-refractivity contribution in [2.45, 2.75) is 19.1 Å². The zero-order valence-corrected chi connectivity index (χ0v) is 12.4. The van der Waals surface area contributed by atoms with E-state index < -0.39 is 0 Å². The monoisotopic (exact) mass is 302 g/mol. The normalized spacial score (nSPS) is 26.1. The molecule has 2 fully saturated rings. The SMILES string of the molecule is Cc1c(C2CN3CCN(C=O)CC3CO2)ccc2nonc12. The Morgan fingerprint density at radius 1 is 1.27 bits per heavy atom. The van der Waals surface area contributed by atoms with Crippen LogP contribution >= 0.6 is 0 Å². The van der Waals surface area contributed by atoms with Gasteiger partial charge in [0, 0.05) is 26.2 Å². The first-order chi connectivity index (χ1) is 10.8. The number of rotatable bonds is 2. The molecule has 0 N–H and O–H groups in total. The number of amides is 1. The summed E-state index contributed by atoms with van der Waals surface area (Å²) in [5.74, 6) is 0. The average molecular weight is 302 g/mol. The van der Waals surface area contributed by atoms with Gasteiger partial charge in [-0.05, 0) is 34.4 Å². The number of hydrogen-bond acceptors (Lipinski definition) is 6. The molecule has 3 heterocycles. The number of fused-ring (bicyclic) bond motifs is 2. The van der Waals surface area contributed by atoms with Crippen LogP contribution in [0.3, 0.4) is 0 Å². The molecule has 1 amide bonds. The molecule has 2 atom stereocenters. The first-order valence-electron chi connectivity index (χ1n) is 7.53. The van der Waals surface area contributed by atoms with Crippen LogP contribution in [-0.4, -0.2) is 65.4 Å². The Morgan fingerprint density at radius 2 is 2.18 bits per heavy atom. The number of hydrogen-bond donors (Lipinski definition) is 0. The minimum atomic E-state index is 0.0279. The van der Waals surface area contributed by atoms with Gasteiger partial charge in [-0.25, -0.2) is 4.63 Å². The number of aryl methyl sites for hydroxylation is 1. The minimum absolute atomic E-state index is 0.0279. The summed E-state index contributed by atoms with van der Waals surface area (Å²) < 4.78 is 10.9. The molecule has 1 aromatic carbocycles. The second kappa shape index (κ2) is 5.33. The molecular weight excluding hydrogens is 284 g/mol. The summed E-state index contributed by atoms with van der Waals surface area (Å²) in [6.45, 7) is 5.95. The Kier molecular flexibility index (Phi) is 3.31. The molecule has 0 aliphatic carbocycles. The van der Waals surface area contributed by atoms with E-state index in [2.05, 4.69) is 21.3 Å². The summed E-state index contributed by atoms with van der Waals surface area (Å²) in [5, 5.41) is 7.85. The van der Waals surface area contributed by atoms with Crippen molar-refractivity contribution in [3.8, 4) is 0 Å². The van der Waals surface area contributed by atoms with Gasteiger partial charge in [-0.15, -0.1) is 0 Å². The molecular formula is C15H18N4O3. The van der Waals surface area contributed by atoms with Crippen molar-refractivity contribution in [3.63, 3.8) is 0 Å². The quantitative estimate of drug-likeness (QED) is 0.762. The number of carbonyl (C=O) groups is 1. The number of aromatic nitrogens is 2. The number of ether oxygens (including phenoxy) is 1. The van der Waals surface area contributed by atoms with Gasteiger partial charge in [0.1, 0.15) is 11.0 Å². The molecule has 2 unspecified atom stereocenters. The molecule has 7 heteroatoms. The lowest BCUT2D eigenvalue weighted by Gasteiger charge is -2.45. The number of benzene rings is 1. The summed E-state index contributed by atoms with van der Waals surface area (Å²) in [6.07, 6.45) is 0.958. The fourth-order valence-electron chi connectivity index (χ4n) is 3.44. The molecule has 2 aliphatic heterocycles. The molecule has 22 heavy (non-hydrogen) atoms. The van der Waals surface area contributed by atoms with E-state index >= 15 is 0 Å². The van der Waals surface area contributed by atoms with Crippen LogP contribution in [-0.2, 0) is 9.53 Å². The van der Waals surface area contributed by atoms with Crippen LogP contribution in [0, 0.1) is 6.92 Å². The van der Waals surface area contributed by atoms with Crippen LogP contribution in [0.1, 0.15) is 17.2 Å². The van der Waals surface area contributed by atoms with E-state index in [0.717, 1.165) is 54.7 Å². The van der Waals surface area contributed by atoms with Crippen molar-refractivity contribution in [1.82, 2.24) is 20.1 Å². The maximum atomic E-state index is 10.9. The standard InChI is InChI=1S/C15H18N4O3/c1-10-12(2-3-13-15(10)17-22-16-13)14-7-19-5-4-18(9-20)6-11(19)8-21-14/h2-3,9,11,14H,4-8H2,1H3. The van der Waals surface area contributed by atoms with Crippen LogP contribution in [0.5, 0.6) is 0 Å². The van der Waals surface area contributed by atoms with Crippen molar-refractivity contribution >= 4 is 17.4 Å². The molecule has 2 saturated heterocycles. The highest BCUT2D eigenvalue weighted by molar-refractivity contribution is 5.78. The number of morpholine rings is 1. The highest BCUT2D eigenvalue weighted by Gasteiger charge is 2.34. The fourth-order valence-corrected chi connectivity index (χ4v) is 3.44. The van der Waals surface area contributed by atoms with E-state index in [-0.39, 0.29) is 6.10 Å². The maximum Gasteiger partial charge on any atom is 0.209 e. The van der Waals surface area contributed by atoms with E-state index in [1.807, 2.05) is 17.9 Å². The van der Waals surface area contributed by atoms with Gasteiger partial charge in [0.05, 0.1) is 18.8 Å². The van der Waals surface area contributed by atoms with Gasteiger partial charge >= 0.3 is 0 Å². The lowest BCUT2D eigenvalue weighted by molar-refractivity contribution is -0.127. The molecule has 2 aliphatic rings. The smallest absolute Gasteiger partial charge is 0.209 e. The third-order valence-corrected chi connectivity index (χ3v) is 4.75. The highest BCUT2D eigenvalue weighted by Crippen LogP contribution is 2.31. The van der Waals surface area contributed by atoms with Crippen molar-refractivity contribution < 1.29 is 14.2 Å². The molecule has 0 saturated carbocycles. The van der Waals surface area contributed by atoms with Gasteiger partial charge in [-0.1, -0.05) is 6.07 Å². The van der Waals surface area contributed by atoms with E-state index in [9.17, 15) is 4.79 Å². The summed E-state index contributed by atoms with van der Waals surface area (Å²) in [5.41, 5.74) is 3.77. The summed E-state index contributed by atoms with van der Waals surface area (Å²) in [4.78, 5) is 15.1. The maximum absolute atomic E-state index is 10.9. The van der Waals surface area contributed by atoms with Crippen molar-refractivity contribution in [3.05, 3.63) is 23.3 Å². The topological polar surface area (TPSA) is 71.7 Å². The number of carbonyl (C=O) groups excluding carboxylic acids is 1. The number of nitrogens with zero attached hydrogens (tertiary/aromatic N) is 4. The zero-order valence-electron chi connectivity index (χ0n) is 12.4. The highest BCUT2D eigenvalue weighted by atomic mass is 16.6. The molecule has 1 aromatic heterocycles.